The van der Waals surface area contributed by atoms with Crippen molar-refractivity contribution in [2.75, 3.05) is 0 Å². The van der Waals surface area contributed by atoms with E-state index in [1.807, 2.05) is 13.8 Å². The molecule has 0 aliphatic carbocycles. The number of hydrogen-bond donors (Lipinski definition) is 0. The molecule has 0 aromatic carbocycles. The van der Waals surface area contributed by atoms with Crippen molar-refractivity contribution in [3.05, 3.63) is 59.3 Å². The van der Waals surface area contributed by atoms with Crippen molar-refractivity contribution < 1.29 is 13.9 Å². The Hall–Kier alpha value is -2.47. The van der Waals surface area contributed by atoms with Crippen LogP contribution in [0.25, 0.3) is 0 Å². The standard InChI is InChI=1S/C15H12O3/c1-11(4-3-5-13-6-7-17-10-13)8-14-12(2)9-15(16)18-14/h4,6-10H,1-2H3. The molecular weight excluding hydrogens is 228 g/mol. The molecule has 0 radical (unpaired) electrons. The molecule has 2 rings (SSSR count). The van der Waals surface area contributed by atoms with E-state index in [0.717, 1.165) is 16.7 Å². The maximum absolute atomic E-state index is 11.0. The average molecular weight is 240 g/mol. The number of rotatable bonds is 1. The summed E-state index contributed by atoms with van der Waals surface area (Å²) in [6, 6.07) is 1.79. The van der Waals surface area contributed by atoms with Crippen molar-refractivity contribution in [1.29, 1.82) is 0 Å². The minimum absolute atomic E-state index is 0.323. The molecule has 3 nitrogen and oxygen atoms in total. The van der Waals surface area contributed by atoms with E-state index < -0.39 is 0 Å². The molecule has 0 unspecified atom stereocenters. The van der Waals surface area contributed by atoms with E-state index in [1.165, 1.54) is 6.08 Å². The predicted octanol–water partition coefficient (Wildman–Crippen LogP) is 2.96. The van der Waals surface area contributed by atoms with Gasteiger partial charge in [0.05, 0.1) is 11.8 Å². The minimum Gasteiger partial charge on any atom is -0.471 e. The Morgan fingerprint density at radius 2 is 2.28 bits per heavy atom. The lowest BCUT2D eigenvalue weighted by molar-refractivity contribution is -0.132. The first kappa shape index (κ1) is 12.0. The number of furan rings is 1. The highest BCUT2D eigenvalue weighted by atomic mass is 16.5. The van der Waals surface area contributed by atoms with Gasteiger partial charge in [0.2, 0.25) is 0 Å². The lowest BCUT2D eigenvalue weighted by Crippen LogP contribution is -1.91. The molecular formula is C15H12O3. The van der Waals surface area contributed by atoms with Crippen LogP contribution in [0.2, 0.25) is 0 Å². The number of allylic oxidation sites excluding steroid dienone is 4. The predicted molar refractivity (Wildman–Crippen MR) is 67.3 cm³/mol. The van der Waals surface area contributed by atoms with Gasteiger partial charge in [-0.05, 0) is 43.2 Å². The first-order chi connectivity index (χ1) is 8.65. The molecule has 1 aliphatic heterocycles. The van der Waals surface area contributed by atoms with Crippen molar-refractivity contribution in [1.82, 2.24) is 0 Å². The first-order valence-corrected chi connectivity index (χ1v) is 5.48. The van der Waals surface area contributed by atoms with Crippen LogP contribution in [0, 0.1) is 11.8 Å². The topological polar surface area (TPSA) is 39.4 Å². The summed E-state index contributed by atoms with van der Waals surface area (Å²) in [6.07, 6.45) is 8.19. The number of hydrogen-bond acceptors (Lipinski definition) is 3. The van der Waals surface area contributed by atoms with Gasteiger partial charge >= 0.3 is 5.97 Å². The quantitative estimate of drug-likeness (QED) is 0.559. The van der Waals surface area contributed by atoms with E-state index in [4.69, 9.17) is 9.15 Å². The molecule has 0 spiro atoms. The summed E-state index contributed by atoms with van der Waals surface area (Å²) >= 11 is 0. The highest BCUT2D eigenvalue weighted by molar-refractivity contribution is 5.88. The lowest BCUT2D eigenvalue weighted by atomic mass is 10.2. The summed E-state index contributed by atoms with van der Waals surface area (Å²) in [5.41, 5.74) is 2.58. The van der Waals surface area contributed by atoms with E-state index in [9.17, 15) is 4.79 Å². The van der Waals surface area contributed by atoms with Gasteiger partial charge in [-0.25, -0.2) is 4.79 Å². The molecule has 0 bridgehead atoms. The molecule has 18 heavy (non-hydrogen) atoms. The zero-order valence-corrected chi connectivity index (χ0v) is 10.2. The average Bonchev–Trinajstić information content (AvgIpc) is 2.90. The second kappa shape index (κ2) is 5.24. The van der Waals surface area contributed by atoms with Crippen molar-refractivity contribution in [2.24, 2.45) is 0 Å². The summed E-state index contributed by atoms with van der Waals surface area (Å²) in [5, 5.41) is 0. The van der Waals surface area contributed by atoms with Crippen LogP contribution in [-0.2, 0) is 9.53 Å². The number of carbonyl (C=O) groups is 1. The third kappa shape index (κ3) is 3.02. The molecule has 0 atom stereocenters. The molecule has 3 heteroatoms. The van der Waals surface area contributed by atoms with E-state index in [1.54, 1.807) is 30.7 Å². The summed E-state index contributed by atoms with van der Waals surface area (Å²) in [6.45, 7) is 3.73. The maximum atomic E-state index is 11.0. The first-order valence-electron chi connectivity index (χ1n) is 5.48. The molecule has 0 fully saturated rings. The Morgan fingerprint density at radius 3 is 2.89 bits per heavy atom. The Labute approximate surface area is 105 Å². The molecule has 0 saturated carbocycles. The van der Waals surface area contributed by atoms with Crippen LogP contribution in [-0.4, -0.2) is 5.97 Å². The SMILES string of the molecule is CC(=CC#Cc1ccoc1)C=C1OC(=O)C=C1C. The van der Waals surface area contributed by atoms with Gasteiger partial charge in [0, 0.05) is 6.08 Å². The Bertz CT molecular complexity index is 602. The Balaban J connectivity index is 2.09. The van der Waals surface area contributed by atoms with E-state index in [2.05, 4.69) is 11.8 Å². The van der Waals surface area contributed by atoms with Crippen LogP contribution in [0.5, 0.6) is 0 Å². The molecule has 1 aromatic rings. The summed E-state index contributed by atoms with van der Waals surface area (Å²) in [5.74, 6) is 6.10. The van der Waals surface area contributed by atoms with Gasteiger partial charge in [-0.2, -0.15) is 0 Å². The second-order valence-corrected chi connectivity index (χ2v) is 3.93. The van der Waals surface area contributed by atoms with E-state index >= 15 is 0 Å². The fourth-order valence-corrected chi connectivity index (χ4v) is 1.43. The molecule has 1 aliphatic rings. The van der Waals surface area contributed by atoms with Crippen molar-refractivity contribution in [3.8, 4) is 11.8 Å². The molecule has 2 heterocycles. The Morgan fingerprint density at radius 1 is 1.44 bits per heavy atom. The van der Waals surface area contributed by atoms with Crippen molar-refractivity contribution >= 4 is 5.97 Å². The third-order valence-electron chi connectivity index (χ3n) is 2.33. The fourth-order valence-electron chi connectivity index (χ4n) is 1.43. The monoisotopic (exact) mass is 240 g/mol. The molecule has 0 amide bonds. The van der Waals surface area contributed by atoms with Gasteiger partial charge in [0.25, 0.3) is 0 Å². The lowest BCUT2D eigenvalue weighted by Gasteiger charge is -1.98. The number of esters is 1. The highest BCUT2D eigenvalue weighted by Gasteiger charge is 2.15. The van der Waals surface area contributed by atoms with Gasteiger partial charge in [0.1, 0.15) is 12.0 Å². The van der Waals surface area contributed by atoms with Gasteiger partial charge in [-0.1, -0.05) is 11.8 Å². The maximum Gasteiger partial charge on any atom is 0.336 e. The van der Waals surface area contributed by atoms with Crippen LogP contribution in [0.4, 0.5) is 0 Å². The number of carbonyl (C=O) groups excluding carboxylic acids is 1. The zero-order valence-electron chi connectivity index (χ0n) is 10.2. The van der Waals surface area contributed by atoms with Gasteiger partial charge < -0.3 is 9.15 Å². The largest absolute Gasteiger partial charge is 0.471 e. The van der Waals surface area contributed by atoms with Crippen LogP contribution in [0.1, 0.15) is 19.4 Å². The molecule has 0 N–H and O–H groups in total. The smallest absolute Gasteiger partial charge is 0.336 e. The van der Waals surface area contributed by atoms with Crippen molar-refractivity contribution in [2.45, 2.75) is 13.8 Å². The van der Waals surface area contributed by atoms with Gasteiger partial charge in [-0.15, -0.1) is 0 Å². The third-order valence-corrected chi connectivity index (χ3v) is 2.33. The van der Waals surface area contributed by atoms with Crippen LogP contribution >= 0.6 is 0 Å². The molecule has 90 valence electrons. The summed E-state index contributed by atoms with van der Waals surface area (Å²) in [4.78, 5) is 11.0. The van der Waals surface area contributed by atoms with Crippen LogP contribution in [0.3, 0.4) is 0 Å². The zero-order chi connectivity index (χ0) is 13.0. The highest BCUT2D eigenvalue weighted by Crippen LogP contribution is 2.20. The van der Waals surface area contributed by atoms with Crippen LogP contribution in [0.15, 0.2) is 58.1 Å². The van der Waals surface area contributed by atoms with Crippen molar-refractivity contribution in [3.63, 3.8) is 0 Å². The van der Waals surface area contributed by atoms with Crippen LogP contribution < -0.4 is 0 Å². The number of ether oxygens (including phenoxy) is 1. The normalized spacial score (nSPS) is 17.2. The number of cyclic esters (lactones) is 1. The van der Waals surface area contributed by atoms with E-state index in [-0.39, 0.29) is 5.97 Å². The van der Waals surface area contributed by atoms with Gasteiger partial charge in [-0.3, -0.25) is 0 Å². The van der Waals surface area contributed by atoms with Gasteiger partial charge in [0.15, 0.2) is 0 Å². The molecule has 0 saturated heterocycles. The van der Waals surface area contributed by atoms with E-state index in [0.29, 0.717) is 5.76 Å². The molecule has 1 aromatic heterocycles. The minimum atomic E-state index is -0.323. The second-order valence-electron chi connectivity index (χ2n) is 3.93. The summed E-state index contributed by atoms with van der Waals surface area (Å²) < 4.78 is 9.93. The Kier molecular flexibility index (Phi) is 3.49. The fraction of sp³-hybridized carbons (Fsp3) is 0.133. The summed E-state index contributed by atoms with van der Waals surface area (Å²) in [7, 11) is 0.